The molecule has 1 aliphatic rings. The van der Waals surface area contributed by atoms with Gasteiger partial charge in [-0.3, -0.25) is 4.79 Å². The van der Waals surface area contributed by atoms with E-state index in [0.29, 0.717) is 35.4 Å². The Bertz CT molecular complexity index is 795. The van der Waals surface area contributed by atoms with Gasteiger partial charge >= 0.3 is 5.97 Å². The van der Waals surface area contributed by atoms with Gasteiger partial charge in [0.05, 0.1) is 18.8 Å². The van der Waals surface area contributed by atoms with Crippen LogP contribution < -0.4 is 14.8 Å². The molecule has 0 radical (unpaired) electrons. The van der Waals surface area contributed by atoms with Crippen LogP contribution in [0.4, 0.5) is 5.00 Å². The minimum Gasteiger partial charge on any atom is -0.494 e. The smallest absolute Gasteiger partial charge is 0.341 e. The Labute approximate surface area is 162 Å². The maximum absolute atomic E-state index is 12.3. The van der Waals surface area contributed by atoms with Gasteiger partial charge in [-0.15, -0.1) is 11.3 Å². The fourth-order valence-electron chi connectivity index (χ4n) is 2.68. The van der Waals surface area contributed by atoms with Gasteiger partial charge in [0.15, 0.2) is 6.61 Å². The summed E-state index contributed by atoms with van der Waals surface area (Å²) < 4.78 is 16.0. The van der Waals surface area contributed by atoms with Gasteiger partial charge in [-0.25, -0.2) is 4.79 Å². The number of ether oxygens (including phenoxy) is 3. The summed E-state index contributed by atoms with van der Waals surface area (Å²) in [6, 6.07) is 7.07. The molecule has 0 unspecified atom stereocenters. The van der Waals surface area contributed by atoms with Crippen LogP contribution in [0, 0.1) is 0 Å². The molecule has 0 spiro atoms. The Morgan fingerprint density at radius 3 is 2.33 bits per heavy atom. The summed E-state index contributed by atoms with van der Waals surface area (Å²) in [5.41, 5.74) is 1.46. The van der Waals surface area contributed by atoms with Gasteiger partial charge in [-0.05, 0) is 67.8 Å². The molecule has 27 heavy (non-hydrogen) atoms. The van der Waals surface area contributed by atoms with Gasteiger partial charge in [0.1, 0.15) is 16.5 Å². The van der Waals surface area contributed by atoms with Gasteiger partial charge in [0, 0.05) is 0 Å². The molecule has 6 nitrogen and oxygen atoms in total. The number of hydrogen-bond donors (Lipinski definition) is 1. The zero-order chi connectivity index (χ0) is 19.2. The van der Waals surface area contributed by atoms with E-state index >= 15 is 0 Å². The summed E-state index contributed by atoms with van der Waals surface area (Å²) in [6.45, 7) is 4.43. The van der Waals surface area contributed by atoms with Crippen molar-refractivity contribution in [2.45, 2.75) is 32.6 Å². The molecule has 144 valence electrons. The molecule has 1 aliphatic carbocycles. The minimum absolute atomic E-state index is 0.146. The molecule has 7 heteroatoms. The number of amides is 1. The van der Waals surface area contributed by atoms with Gasteiger partial charge in [-0.1, -0.05) is 0 Å². The van der Waals surface area contributed by atoms with E-state index in [-0.39, 0.29) is 18.5 Å². The molecular weight excluding hydrogens is 366 g/mol. The normalized spacial score (nSPS) is 13.1. The van der Waals surface area contributed by atoms with Crippen LogP contribution in [0.2, 0.25) is 0 Å². The second-order valence-electron chi connectivity index (χ2n) is 6.13. The number of benzene rings is 1. The zero-order valence-electron chi connectivity index (χ0n) is 15.4. The van der Waals surface area contributed by atoms with E-state index in [1.807, 2.05) is 12.3 Å². The molecule has 1 saturated carbocycles. The molecule has 0 bridgehead atoms. The second kappa shape index (κ2) is 8.90. The van der Waals surface area contributed by atoms with Crippen LogP contribution in [0.15, 0.2) is 29.6 Å². The third-order valence-corrected chi connectivity index (χ3v) is 4.99. The van der Waals surface area contributed by atoms with Crippen molar-refractivity contribution in [1.29, 1.82) is 0 Å². The average Bonchev–Trinajstić information content (AvgIpc) is 3.42. The predicted octanol–water partition coefficient (Wildman–Crippen LogP) is 4.22. The lowest BCUT2D eigenvalue weighted by Crippen LogP contribution is -2.21. The number of carbonyl (C=O) groups is 2. The molecule has 2 aromatic rings. The van der Waals surface area contributed by atoms with E-state index in [2.05, 4.69) is 5.32 Å². The number of carbonyl (C=O) groups excluding carboxylic acids is 2. The molecular formula is C20H23NO5S. The molecule has 1 aromatic carbocycles. The van der Waals surface area contributed by atoms with Crippen molar-refractivity contribution in [1.82, 2.24) is 0 Å². The standard InChI is InChI=1S/C20H23NO5S/c1-3-24-14-7-9-15(10-8-14)26-11-17(22)21-19-18(20(23)25-4-2)16(12-27-19)13-5-6-13/h7-10,12-13H,3-6,11H2,1-2H3,(H,21,22). The van der Waals surface area contributed by atoms with E-state index in [4.69, 9.17) is 14.2 Å². The van der Waals surface area contributed by atoms with E-state index in [9.17, 15) is 9.59 Å². The summed E-state index contributed by atoms with van der Waals surface area (Å²) in [7, 11) is 0. The van der Waals surface area contributed by atoms with Crippen molar-refractivity contribution in [3.05, 3.63) is 40.8 Å². The van der Waals surface area contributed by atoms with Crippen LogP contribution >= 0.6 is 11.3 Å². The van der Waals surface area contributed by atoms with E-state index < -0.39 is 0 Å². The van der Waals surface area contributed by atoms with Gasteiger partial charge in [0.2, 0.25) is 0 Å². The predicted molar refractivity (Wildman–Crippen MR) is 104 cm³/mol. The molecule has 1 fully saturated rings. The Morgan fingerprint density at radius 2 is 1.74 bits per heavy atom. The van der Waals surface area contributed by atoms with Crippen molar-refractivity contribution in [2.24, 2.45) is 0 Å². The lowest BCUT2D eigenvalue weighted by Gasteiger charge is -2.10. The molecule has 0 atom stereocenters. The Kier molecular flexibility index (Phi) is 6.34. The monoisotopic (exact) mass is 389 g/mol. The largest absolute Gasteiger partial charge is 0.494 e. The van der Waals surface area contributed by atoms with Crippen LogP contribution in [0.1, 0.15) is 48.5 Å². The highest BCUT2D eigenvalue weighted by Gasteiger charge is 2.32. The average molecular weight is 389 g/mol. The number of nitrogens with one attached hydrogen (secondary N) is 1. The number of hydrogen-bond acceptors (Lipinski definition) is 6. The maximum Gasteiger partial charge on any atom is 0.341 e. The van der Waals surface area contributed by atoms with Crippen LogP contribution in [0.25, 0.3) is 0 Å². The first kappa shape index (κ1) is 19.2. The highest BCUT2D eigenvalue weighted by atomic mass is 32.1. The Balaban J connectivity index is 1.61. The van der Waals surface area contributed by atoms with Crippen molar-refractivity contribution in [3.63, 3.8) is 0 Å². The van der Waals surface area contributed by atoms with E-state index in [1.54, 1.807) is 31.2 Å². The fourth-order valence-corrected chi connectivity index (χ4v) is 3.73. The summed E-state index contributed by atoms with van der Waals surface area (Å²) in [4.78, 5) is 24.6. The topological polar surface area (TPSA) is 73.9 Å². The first-order valence-corrected chi connectivity index (χ1v) is 9.94. The molecule has 1 amide bonds. The van der Waals surface area contributed by atoms with E-state index in [0.717, 1.165) is 24.2 Å². The van der Waals surface area contributed by atoms with Crippen LogP contribution in [-0.4, -0.2) is 31.7 Å². The van der Waals surface area contributed by atoms with Gasteiger partial charge in [0.25, 0.3) is 5.91 Å². The Morgan fingerprint density at radius 1 is 1.07 bits per heavy atom. The molecule has 1 heterocycles. The van der Waals surface area contributed by atoms with Crippen molar-refractivity contribution < 1.29 is 23.8 Å². The van der Waals surface area contributed by atoms with E-state index in [1.165, 1.54) is 11.3 Å². The number of esters is 1. The summed E-state index contributed by atoms with van der Waals surface area (Å²) in [6.07, 6.45) is 2.13. The summed E-state index contributed by atoms with van der Waals surface area (Å²) in [5, 5.41) is 5.24. The van der Waals surface area contributed by atoms with Crippen molar-refractivity contribution in [2.75, 3.05) is 25.1 Å². The first-order chi connectivity index (χ1) is 13.1. The SMILES string of the molecule is CCOC(=O)c1c(C2CC2)csc1NC(=O)COc1ccc(OCC)cc1. The van der Waals surface area contributed by atoms with Crippen molar-refractivity contribution in [3.8, 4) is 11.5 Å². The Hall–Kier alpha value is -2.54. The quantitative estimate of drug-likeness (QED) is 0.650. The maximum atomic E-state index is 12.3. The number of thiophene rings is 1. The third kappa shape index (κ3) is 5.01. The fraction of sp³-hybridized carbons (Fsp3) is 0.400. The minimum atomic E-state index is -0.386. The van der Waals surface area contributed by atoms with Crippen LogP contribution in [-0.2, 0) is 9.53 Å². The van der Waals surface area contributed by atoms with Crippen LogP contribution in [0.3, 0.4) is 0 Å². The number of rotatable bonds is 9. The van der Waals surface area contributed by atoms with Gasteiger partial charge in [-0.2, -0.15) is 0 Å². The first-order valence-electron chi connectivity index (χ1n) is 9.06. The lowest BCUT2D eigenvalue weighted by atomic mass is 10.1. The number of anilines is 1. The molecule has 3 rings (SSSR count). The molecule has 0 saturated heterocycles. The molecule has 1 aromatic heterocycles. The highest BCUT2D eigenvalue weighted by Crippen LogP contribution is 2.46. The van der Waals surface area contributed by atoms with Crippen molar-refractivity contribution >= 4 is 28.2 Å². The third-order valence-electron chi connectivity index (χ3n) is 4.07. The van der Waals surface area contributed by atoms with Gasteiger partial charge < -0.3 is 19.5 Å². The molecule has 0 aliphatic heterocycles. The van der Waals surface area contributed by atoms with Crippen LogP contribution in [0.5, 0.6) is 11.5 Å². The highest BCUT2D eigenvalue weighted by molar-refractivity contribution is 7.15. The second-order valence-corrected chi connectivity index (χ2v) is 7.01. The zero-order valence-corrected chi connectivity index (χ0v) is 16.3. The molecule has 1 N–H and O–H groups in total. The summed E-state index contributed by atoms with van der Waals surface area (Å²) >= 11 is 1.35. The lowest BCUT2D eigenvalue weighted by molar-refractivity contribution is -0.118. The summed E-state index contributed by atoms with van der Waals surface area (Å²) in [5.74, 6) is 1.01.